The molecule has 18 heavy (non-hydrogen) atoms. The Morgan fingerprint density at radius 3 is 2.94 bits per heavy atom. The number of nitrogens with two attached hydrogens (primary N) is 1. The van der Waals surface area contributed by atoms with E-state index in [1.165, 1.54) is 0 Å². The van der Waals surface area contributed by atoms with E-state index in [2.05, 4.69) is 5.48 Å². The normalized spacial score (nSPS) is 11.9. The maximum absolute atomic E-state index is 11.7. The van der Waals surface area contributed by atoms with Gasteiger partial charge in [-0.25, -0.2) is 4.79 Å². The van der Waals surface area contributed by atoms with Gasteiger partial charge < -0.3 is 15.4 Å². The van der Waals surface area contributed by atoms with Crippen LogP contribution in [0, 0.1) is 12.8 Å². The van der Waals surface area contributed by atoms with Crippen LogP contribution in [0.4, 0.5) is 5.69 Å². The quantitative estimate of drug-likeness (QED) is 0.454. The number of hydrogen-bond acceptors (Lipinski definition) is 5. The van der Waals surface area contributed by atoms with Gasteiger partial charge in [0.2, 0.25) is 0 Å². The fourth-order valence-corrected chi connectivity index (χ4v) is 1.40. The SMILES string of the molecule is Cc1ccc(N)c(C(=O)ONCC(C)CC=O)c1. The molecule has 0 spiro atoms. The number of nitrogen functional groups attached to an aromatic ring is 1. The van der Waals surface area contributed by atoms with Crippen LogP contribution in [0.15, 0.2) is 18.2 Å². The molecule has 0 saturated carbocycles. The molecule has 5 nitrogen and oxygen atoms in total. The first kappa shape index (κ1) is 14.2. The Morgan fingerprint density at radius 1 is 1.56 bits per heavy atom. The van der Waals surface area contributed by atoms with Crippen molar-refractivity contribution in [2.45, 2.75) is 20.3 Å². The summed E-state index contributed by atoms with van der Waals surface area (Å²) >= 11 is 0. The summed E-state index contributed by atoms with van der Waals surface area (Å²) in [6, 6.07) is 5.17. The Bertz CT molecular complexity index is 432. The molecule has 0 radical (unpaired) electrons. The topological polar surface area (TPSA) is 81.4 Å². The fraction of sp³-hybridized carbons (Fsp3) is 0.385. The molecule has 1 aromatic carbocycles. The number of carbonyl (C=O) groups is 2. The van der Waals surface area contributed by atoms with Crippen molar-refractivity contribution < 1.29 is 14.4 Å². The van der Waals surface area contributed by atoms with E-state index in [0.29, 0.717) is 24.2 Å². The first-order valence-electron chi connectivity index (χ1n) is 5.78. The van der Waals surface area contributed by atoms with E-state index in [4.69, 9.17) is 10.6 Å². The zero-order valence-electron chi connectivity index (χ0n) is 10.6. The summed E-state index contributed by atoms with van der Waals surface area (Å²) in [6.45, 7) is 4.18. The third-order valence-electron chi connectivity index (χ3n) is 2.52. The minimum atomic E-state index is -0.519. The number of hydrogen-bond donors (Lipinski definition) is 2. The van der Waals surface area contributed by atoms with Gasteiger partial charge in [0, 0.05) is 18.7 Å². The minimum absolute atomic E-state index is 0.116. The highest BCUT2D eigenvalue weighted by atomic mass is 16.7. The molecule has 0 bridgehead atoms. The zero-order valence-corrected chi connectivity index (χ0v) is 10.6. The van der Waals surface area contributed by atoms with Crippen LogP contribution in [0.2, 0.25) is 0 Å². The summed E-state index contributed by atoms with van der Waals surface area (Å²) in [6.07, 6.45) is 1.27. The summed E-state index contributed by atoms with van der Waals surface area (Å²) in [5, 5.41) is 0. The van der Waals surface area contributed by atoms with E-state index < -0.39 is 5.97 Å². The van der Waals surface area contributed by atoms with E-state index in [1.807, 2.05) is 19.9 Å². The smallest absolute Gasteiger partial charge is 0.358 e. The molecule has 0 amide bonds. The van der Waals surface area contributed by atoms with Crippen LogP contribution in [0.5, 0.6) is 0 Å². The predicted octanol–water partition coefficient (Wildman–Crippen LogP) is 1.46. The summed E-state index contributed by atoms with van der Waals surface area (Å²) in [5.74, 6) is -0.403. The molecule has 0 saturated heterocycles. The van der Waals surface area contributed by atoms with Crippen molar-refractivity contribution in [3.8, 4) is 0 Å². The maximum atomic E-state index is 11.7. The van der Waals surface area contributed by atoms with E-state index >= 15 is 0 Å². The molecular formula is C13H18N2O3. The van der Waals surface area contributed by atoms with E-state index in [9.17, 15) is 9.59 Å². The monoisotopic (exact) mass is 250 g/mol. The van der Waals surface area contributed by atoms with Crippen molar-refractivity contribution in [3.05, 3.63) is 29.3 Å². The first-order chi connectivity index (χ1) is 8.54. The Labute approximate surface area is 106 Å². The lowest BCUT2D eigenvalue weighted by Gasteiger charge is -2.10. The van der Waals surface area contributed by atoms with Crippen LogP contribution in [0.3, 0.4) is 0 Å². The van der Waals surface area contributed by atoms with Gasteiger partial charge in [-0.05, 0) is 25.0 Å². The number of aryl methyl sites for hydroxylation is 1. The molecule has 0 aliphatic carbocycles. The van der Waals surface area contributed by atoms with Crippen molar-refractivity contribution in [3.63, 3.8) is 0 Å². The molecule has 1 atom stereocenters. The lowest BCUT2D eigenvalue weighted by atomic mass is 10.1. The molecule has 0 heterocycles. The van der Waals surface area contributed by atoms with Crippen molar-refractivity contribution in [1.29, 1.82) is 0 Å². The average Bonchev–Trinajstić information content (AvgIpc) is 2.32. The molecule has 1 rings (SSSR count). The molecule has 1 aromatic rings. The van der Waals surface area contributed by atoms with Crippen LogP contribution >= 0.6 is 0 Å². The highest BCUT2D eigenvalue weighted by Crippen LogP contribution is 2.14. The van der Waals surface area contributed by atoms with E-state index in [0.717, 1.165) is 11.8 Å². The van der Waals surface area contributed by atoms with Crippen LogP contribution in [-0.2, 0) is 9.63 Å². The second kappa shape index (κ2) is 6.76. The van der Waals surface area contributed by atoms with Gasteiger partial charge in [-0.15, -0.1) is 0 Å². The molecule has 5 heteroatoms. The lowest BCUT2D eigenvalue weighted by molar-refractivity contribution is -0.108. The van der Waals surface area contributed by atoms with Gasteiger partial charge >= 0.3 is 5.97 Å². The average molecular weight is 250 g/mol. The second-order valence-electron chi connectivity index (χ2n) is 4.34. The molecule has 3 N–H and O–H groups in total. The van der Waals surface area contributed by atoms with Gasteiger partial charge in [0.15, 0.2) is 0 Å². The van der Waals surface area contributed by atoms with E-state index in [-0.39, 0.29) is 5.92 Å². The highest BCUT2D eigenvalue weighted by Gasteiger charge is 2.12. The van der Waals surface area contributed by atoms with Crippen molar-refractivity contribution in [2.24, 2.45) is 5.92 Å². The Morgan fingerprint density at radius 2 is 2.28 bits per heavy atom. The Kier molecular flexibility index (Phi) is 5.32. The zero-order chi connectivity index (χ0) is 13.5. The highest BCUT2D eigenvalue weighted by molar-refractivity contribution is 5.95. The van der Waals surface area contributed by atoms with Gasteiger partial charge in [0.1, 0.15) is 6.29 Å². The molecular weight excluding hydrogens is 232 g/mol. The molecule has 0 aromatic heterocycles. The van der Waals surface area contributed by atoms with Crippen LogP contribution in [0.25, 0.3) is 0 Å². The minimum Gasteiger partial charge on any atom is -0.398 e. The number of benzene rings is 1. The summed E-state index contributed by atoms with van der Waals surface area (Å²) in [7, 11) is 0. The predicted molar refractivity (Wildman–Crippen MR) is 68.9 cm³/mol. The number of nitrogens with one attached hydrogen (secondary N) is 1. The molecule has 98 valence electrons. The fourth-order valence-electron chi connectivity index (χ4n) is 1.40. The molecule has 0 aliphatic rings. The number of hydroxylamine groups is 1. The summed E-state index contributed by atoms with van der Waals surface area (Å²) in [5.41, 5.74) is 9.90. The van der Waals surface area contributed by atoms with Crippen molar-refractivity contribution in [1.82, 2.24) is 5.48 Å². The first-order valence-corrected chi connectivity index (χ1v) is 5.78. The Hall–Kier alpha value is -1.88. The standard InChI is InChI=1S/C13H18N2O3/c1-9-3-4-12(14)11(7-9)13(17)18-15-8-10(2)5-6-16/h3-4,6-7,10,15H,5,8,14H2,1-2H3. The third-order valence-corrected chi connectivity index (χ3v) is 2.52. The molecule has 0 aliphatic heterocycles. The van der Waals surface area contributed by atoms with Crippen molar-refractivity contribution >= 4 is 17.9 Å². The Balaban J connectivity index is 2.50. The number of carbonyl (C=O) groups excluding carboxylic acids is 2. The largest absolute Gasteiger partial charge is 0.398 e. The molecule has 1 unspecified atom stereocenters. The van der Waals surface area contributed by atoms with Gasteiger partial charge in [-0.1, -0.05) is 18.6 Å². The van der Waals surface area contributed by atoms with E-state index in [1.54, 1.807) is 12.1 Å². The summed E-state index contributed by atoms with van der Waals surface area (Å²) in [4.78, 5) is 26.9. The van der Waals surface area contributed by atoms with Gasteiger partial charge in [0.05, 0.1) is 5.56 Å². The van der Waals surface area contributed by atoms with Crippen LogP contribution < -0.4 is 11.2 Å². The van der Waals surface area contributed by atoms with Crippen molar-refractivity contribution in [2.75, 3.05) is 12.3 Å². The number of rotatable bonds is 6. The number of aldehydes is 1. The van der Waals surface area contributed by atoms with Crippen LogP contribution in [-0.4, -0.2) is 18.8 Å². The lowest BCUT2D eigenvalue weighted by Crippen LogP contribution is -2.25. The maximum Gasteiger partial charge on any atom is 0.358 e. The van der Waals surface area contributed by atoms with Crippen LogP contribution in [0.1, 0.15) is 29.3 Å². The summed E-state index contributed by atoms with van der Waals surface area (Å²) < 4.78 is 0. The van der Waals surface area contributed by atoms with Gasteiger partial charge in [0.25, 0.3) is 0 Å². The molecule has 0 fully saturated rings. The van der Waals surface area contributed by atoms with Gasteiger partial charge in [-0.3, -0.25) is 0 Å². The second-order valence-corrected chi connectivity index (χ2v) is 4.34. The van der Waals surface area contributed by atoms with Gasteiger partial charge in [-0.2, -0.15) is 5.48 Å². The third kappa shape index (κ3) is 4.18. The number of anilines is 1.